The summed E-state index contributed by atoms with van der Waals surface area (Å²) in [6, 6.07) is 5.52. The van der Waals surface area contributed by atoms with E-state index in [2.05, 4.69) is 5.32 Å². The Morgan fingerprint density at radius 2 is 2.17 bits per heavy atom. The van der Waals surface area contributed by atoms with Gasteiger partial charge in [-0.2, -0.15) is 0 Å². The van der Waals surface area contributed by atoms with Crippen molar-refractivity contribution < 1.29 is 14.8 Å². The minimum absolute atomic E-state index is 0.0534. The van der Waals surface area contributed by atoms with Crippen molar-refractivity contribution in [1.82, 2.24) is 5.32 Å². The summed E-state index contributed by atoms with van der Waals surface area (Å²) in [6.45, 7) is 3.86. The Bertz CT molecular complexity index is 457. The first-order valence-electron chi connectivity index (χ1n) is 5.49. The predicted molar refractivity (Wildman–Crippen MR) is 66.3 cm³/mol. The molecule has 0 bridgehead atoms. The molecule has 0 aliphatic rings. The summed E-state index contributed by atoms with van der Waals surface area (Å²) in [5.74, 6) is -0.389. The summed E-state index contributed by atoms with van der Waals surface area (Å²) in [5.41, 5.74) is -0.307. The van der Waals surface area contributed by atoms with Gasteiger partial charge in [0.1, 0.15) is 0 Å². The number of carbonyl (C=O) groups excluding carboxylic acids is 1. The number of benzene rings is 1. The SMILES string of the molecule is CC(C)(CO)CNC(=O)c1cccc([N+](=O)[O-])c1. The summed E-state index contributed by atoms with van der Waals surface area (Å²) in [5, 5.41) is 22.3. The van der Waals surface area contributed by atoms with Gasteiger partial charge in [0.05, 0.1) is 4.92 Å². The number of aliphatic hydroxyl groups excluding tert-OH is 1. The van der Waals surface area contributed by atoms with Crippen LogP contribution in [0.5, 0.6) is 0 Å². The summed E-state index contributed by atoms with van der Waals surface area (Å²) < 4.78 is 0. The van der Waals surface area contributed by atoms with Crippen LogP contribution in [0.3, 0.4) is 0 Å². The number of nitrogens with one attached hydrogen (secondary N) is 1. The molecule has 98 valence electrons. The molecule has 6 nitrogen and oxygen atoms in total. The number of nitro groups is 1. The van der Waals surface area contributed by atoms with Gasteiger partial charge in [0.25, 0.3) is 11.6 Å². The van der Waals surface area contributed by atoms with Crippen molar-refractivity contribution in [2.45, 2.75) is 13.8 Å². The lowest BCUT2D eigenvalue weighted by molar-refractivity contribution is -0.384. The zero-order chi connectivity index (χ0) is 13.8. The van der Waals surface area contributed by atoms with E-state index in [1.807, 2.05) is 0 Å². The lowest BCUT2D eigenvalue weighted by atomic mass is 9.95. The topological polar surface area (TPSA) is 92.5 Å². The number of hydrogen-bond donors (Lipinski definition) is 2. The van der Waals surface area contributed by atoms with Gasteiger partial charge in [-0.05, 0) is 6.07 Å². The molecule has 0 unspecified atom stereocenters. The second-order valence-electron chi connectivity index (χ2n) is 4.81. The van der Waals surface area contributed by atoms with E-state index in [4.69, 9.17) is 5.11 Å². The number of non-ortho nitro benzene ring substituents is 1. The highest BCUT2D eigenvalue weighted by molar-refractivity contribution is 5.94. The Hall–Kier alpha value is -1.95. The van der Waals surface area contributed by atoms with E-state index in [1.165, 1.54) is 24.3 Å². The Balaban J connectivity index is 2.73. The van der Waals surface area contributed by atoms with Crippen molar-refractivity contribution in [3.05, 3.63) is 39.9 Å². The summed E-state index contributed by atoms with van der Waals surface area (Å²) in [6.07, 6.45) is 0. The highest BCUT2D eigenvalue weighted by Crippen LogP contribution is 2.14. The molecule has 1 amide bonds. The normalized spacial score (nSPS) is 11.1. The average molecular weight is 252 g/mol. The van der Waals surface area contributed by atoms with Crippen LogP contribution in [0.25, 0.3) is 0 Å². The van der Waals surface area contributed by atoms with Crippen molar-refractivity contribution in [3.63, 3.8) is 0 Å². The molecule has 2 N–H and O–H groups in total. The third-order valence-electron chi connectivity index (χ3n) is 2.47. The summed E-state index contributed by atoms with van der Waals surface area (Å²) >= 11 is 0. The van der Waals surface area contributed by atoms with E-state index in [1.54, 1.807) is 13.8 Å². The van der Waals surface area contributed by atoms with Gasteiger partial charge >= 0.3 is 0 Å². The number of nitrogens with zero attached hydrogens (tertiary/aromatic N) is 1. The highest BCUT2D eigenvalue weighted by atomic mass is 16.6. The molecule has 0 saturated carbocycles. The zero-order valence-corrected chi connectivity index (χ0v) is 10.3. The van der Waals surface area contributed by atoms with Crippen LogP contribution >= 0.6 is 0 Å². The van der Waals surface area contributed by atoms with Crippen molar-refractivity contribution in [2.24, 2.45) is 5.41 Å². The van der Waals surface area contributed by atoms with Crippen LogP contribution in [0.1, 0.15) is 24.2 Å². The number of rotatable bonds is 5. The molecule has 1 rings (SSSR count). The average Bonchev–Trinajstić information content (AvgIpc) is 2.36. The van der Waals surface area contributed by atoms with Crippen LogP contribution in [0, 0.1) is 15.5 Å². The molecule has 0 spiro atoms. The Morgan fingerprint density at radius 3 is 2.72 bits per heavy atom. The van der Waals surface area contributed by atoms with E-state index < -0.39 is 10.3 Å². The molecule has 0 fully saturated rings. The van der Waals surface area contributed by atoms with Gasteiger partial charge in [-0.1, -0.05) is 19.9 Å². The lowest BCUT2D eigenvalue weighted by Gasteiger charge is -2.21. The van der Waals surface area contributed by atoms with Crippen LogP contribution in [-0.4, -0.2) is 29.1 Å². The van der Waals surface area contributed by atoms with Crippen LogP contribution in [0.4, 0.5) is 5.69 Å². The molecule has 0 heterocycles. The van der Waals surface area contributed by atoms with Gasteiger partial charge < -0.3 is 10.4 Å². The molecule has 0 radical (unpaired) electrons. The Kier molecular flexibility index (Phi) is 4.38. The molecule has 1 aromatic rings. The maximum Gasteiger partial charge on any atom is 0.270 e. The van der Waals surface area contributed by atoms with Crippen molar-refractivity contribution >= 4 is 11.6 Å². The fourth-order valence-electron chi connectivity index (χ4n) is 1.24. The lowest BCUT2D eigenvalue weighted by Crippen LogP contribution is -2.36. The van der Waals surface area contributed by atoms with Gasteiger partial charge in [-0.3, -0.25) is 14.9 Å². The van der Waals surface area contributed by atoms with Gasteiger partial charge in [0, 0.05) is 36.3 Å². The fourth-order valence-corrected chi connectivity index (χ4v) is 1.24. The van der Waals surface area contributed by atoms with Gasteiger partial charge in [-0.15, -0.1) is 0 Å². The van der Waals surface area contributed by atoms with Crippen molar-refractivity contribution in [1.29, 1.82) is 0 Å². The van der Waals surface area contributed by atoms with E-state index in [0.717, 1.165) is 0 Å². The molecule has 18 heavy (non-hydrogen) atoms. The fraction of sp³-hybridized carbons (Fsp3) is 0.417. The third-order valence-corrected chi connectivity index (χ3v) is 2.47. The van der Waals surface area contributed by atoms with Gasteiger partial charge in [0.15, 0.2) is 0 Å². The summed E-state index contributed by atoms with van der Waals surface area (Å²) in [7, 11) is 0. The first kappa shape index (κ1) is 14.1. The van der Waals surface area contributed by atoms with E-state index in [9.17, 15) is 14.9 Å². The number of hydrogen-bond acceptors (Lipinski definition) is 4. The monoisotopic (exact) mass is 252 g/mol. The number of nitro benzene ring substituents is 1. The van der Waals surface area contributed by atoms with E-state index in [0.29, 0.717) is 6.54 Å². The van der Waals surface area contributed by atoms with Crippen LogP contribution in [-0.2, 0) is 0 Å². The van der Waals surface area contributed by atoms with Crippen LogP contribution in [0.2, 0.25) is 0 Å². The summed E-state index contributed by atoms with van der Waals surface area (Å²) in [4.78, 5) is 21.8. The van der Waals surface area contributed by atoms with Crippen molar-refractivity contribution in [3.8, 4) is 0 Å². The Labute approximate surface area is 105 Å². The maximum absolute atomic E-state index is 11.8. The van der Waals surface area contributed by atoms with Gasteiger partial charge in [0.2, 0.25) is 0 Å². The maximum atomic E-state index is 11.8. The molecule has 6 heteroatoms. The van der Waals surface area contributed by atoms with E-state index in [-0.39, 0.29) is 23.8 Å². The van der Waals surface area contributed by atoms with E-state index >= 15 is 0 Å². The minimum Gasteiger partial charge on any atom is -0.396 e. The Morgan fingerprint density at radius 1 is 1.50 bits per heavy atom. The minimum atomic E-state index is -0.547. The largest absolute Gasteiger partial charge is 0.396 e. The standard InChI is InChI=1S/C12H16N2O4/c1-12(2,8-15)7-13-11(16)9-4-3-5-10(6-9)14(17)18/h3-6,15H,7-8H2,1-2H3,(H,13,16). The quantitative estimate of drug-likeness (QED) is 0.611. The van der Waals surface area contributed by atoms with Gasteiger partial charge in [-0.25, -0.2) is 0 Å². The number of aliphatic hydroxyl groups is 1. The third kappa shape index (κ3) is 3.81. The van der Waals surface area contributed by atoms with Crippen LogP contribution in [0.15, 0.2) is 24.3 Å². The molecule has 1 aromatic carbocycles. The molecule has 0 atom stereocenters. The zero-order valence-electron chi connectivity index (χ0n) is 10.3. The number of amides is 1. The molecular weight excluding hydrogens is 236 g/mol. The highest BCUT2D eigenvalue weighted by Gasteiger charge is 2.18. The molecule has 0 aromatic heterocycles. The molecule has 0 aliphatic carbocycles. The smallest absolute Gasteiger partial charge is 0.270 e. The molecular formula is C12H16N2O4. The molecule has 0 saturated heterocycles. The van der Waals surface area contributed by atoms with Crippen molar-refractivity contribution in [2.75, 3.05) is 13.2 Å². The second-order valence-corrected chi connectivity index (χ2v) is 4.81. The first-order valence-corrected chi connectivity index (χ1v) is 5.49. The molecule has 0 aliphatic heterocycles. The van der Waals surface area contributed by atoms with Crippen LogP contribution < -0.4 is 5.32 Å². The first-order chi connectivity index (χ1) is 8.35. The second kappa shape index (κ2) is 5.59. The predicted octanol–water partition coefficient (Wildman–Crippen LogP) is 1.34. The number of carbonyl (C=O) groups is 1.